The van der Waals surface area contributed by atoms with E-state index in [0.29, 0.717) is 0 Å². The maximum atomic E-state index is 6.02. The standard InChI is InChI=1S/C20H26N4O/c1-2-5-18(6-3-1)14-23-10-4-7-20(15-23)16-24(11-12-25-17-20)19-13-21-8-9-22-19/h1-3,5-6,8-9,13H,4,7,10-12,14-17H2. The summed E-state index contributed by atoms with van der Waals surface area (Å²) in [6, 6.07) is 10.8. The van der Waals surface area contributed by atoms with Crippen LogP contribution < -0.4 is 4.90 Å². The number of hydrogen-bond acceptors (Lipinski definition) is 5. The monoisotopic (exact) mass is 338 g/mol. The van der Waals surface area contributed by atoms with E-state index in [-0.39, 0.29) is 5.41 Å². The van der Waals surface area contributed by atoms with E-state index >= 15 is 0 Å². The summed E-state index contributed by atoms with van der Waals surface area (Å²) in [4.78, 5) is 13.7. The van der Waals surface area contributed by atoms with Crippen molar-refractivity contribution in [2.24, 2.45) is 5.41 Å². The molecule has 5 nitrogen and oxygen atoms in total. The van der Waals surface area contributed by atoms with Gasteiger partial charge in [0.15, 0.2) is 0 Å². The highest BCUT2D eigenvalue weighted by Crippen LogP contribution is 2.34. The first-order valence-corrected chi connectivity index (χ1v) is 9.18. The van der Waals surface area contributed by atoms with Gasteiger partial charge in [-0.25, -0.2) is 4.98 Å². The van der Waals surface area contributed by atoms with Gasteiger partial charge in [-0.2, -0.15) is 0 Å². The molecule has 0 bridgehead atoms. The second-order valence-electron chi connectivity index (χ2n) is 7.34. The van der Waals surface area contributed by atoms with Crippen LogP contribution in [0, 0.1) is 5.41 Å². The second kappa shape index (κ2) is 7.50. The Labute approximate surface area is 149 Å². The van der Waals surface area contributed by atoms with Crippen LogP contribution in [-0.2, 0) is 11.3 Å². The molecule has 2 aromatic rings. The zero-order valence-corrected chi connectivity index (χ0v) is 14.7. The zero-order chi connectivity index (χ0) is 17.0. The SMILES string of the molecule is c1ccc(CN2CCCC3(COCCN(c4cnccn4)C3)C2)cc1. The second-order valence-corrected chi connectivity index (χ2v) is 7.34. The number of benzene rings is 1. The number of ether oxygens (including phenoxy) is 1. The Morgan fingerprint density at radius 3 is 2.84 bits per heavy atom. The van der Waals surface area contributed by atoms with Gasteiger partial charge in [0.1, 0.15) is 5.82 Å². The molecule has 2 aliphatic rings. The van der Waals surface area contributed by atoms with Crippen LogP contribution in [0.1, 0.15) is 18.4 Å². The van der Waals surface area contributed by atoms with E-state index in [1.807, 2.05) is 6.20 Å². The van der Waals surface area contributed by atoms with Crippen molar-refractivity contribution >= 4 is 5.82 Å². The molecule has 2 fully saturated rings. The van der Waals surface area contributed by atoms with Crippen molar-refractivity contribution in [3.63, 3.8) is 0 Å². The van der Waals surface area contributed by atoms with Crippen molar-refractivity contribution in [1.82, 2.24) is 14.9 Å². The number of nitrogens with zero attached hydrogens (tertiary/aromatic N) is 4. The van der Waals surface area contributed by atoms with Crippen molar-refractivity contribution in [3.8, 4) is 0 Å². The molecule has 0 saturated carbocycles. The molecule has 132 valence electrons. The lowest BCUT2D eigenvalue weighted by Crippen LogP contribution is -2.50. The molecule has 1 unspecified atom stereocenters. The van der Waals surface area contributed by atoms with Crippen LogP contribution in [0.4, 0.5) is 5.82 Å². The number of aromatic nitrogens is 2. The third-order valence-electron chi connectivity index (χ3n) is 5.30. The van der Waals surface area contributed by atoms with Gasteiger partial charge in [0, 0.05) is 44.0 Å². The third-order valence-corrected chi connectivity index (χ3v) is 5.30. The van der Waals surface area contributed by atoms with E-state index < -0.39 is 0 Å². The Bertz CT molecular complexity index is 666. The lowest BCUT2D eigenvalue weighted by molar-refractivity contribution is 0.0106. The van der Waals surface area contributed by atoms with Gasteiger partial charge in [0.25, 0.3) is 0 Å². The fourth-order valence-electron chi connectivity index (χ4n) is 4.18. The van der Waals surface area contributed by atoms with Crippen LogP contribution in [0.3, 0.4) is 0 Å². The summed E-state index contributed by atoms with van der Waals surface area (Å²) < 4.78 is 6.02. The molecule has 1 atom stereocenters. The Kier molecular flexibility index (Phi) is 4.95. The number of hydrogen-bond donors (Lipinski definition) is 0. The van der Waals surface area contributed by atoms with Gasteiger partial charge < -0.3 is 9.64 Å². The summed E-state index contributed by atoms with van der Waals surface area (Å²) in [6.45, 7) is 6.76. The molecular formula is C20H26N4O. The number of anilines is 1. The van der Waals surface area contributed by atoms with Crippen LogP contribution in [0.5, 0.6) is 0 Å². The molecule has 1 aromatic heterocycles. The predicted octanol–water partition coefficient (Wildman–Crippen LogP) is 2.60. The average Bonchev–Trinajstić information content (AvgIpc) is 2.86. The molecule has 0 radical (unpaired) electrons. The van der Waals surface area contributed by atoms with Crippen LogP contribution in [0.25, 0.3) is 0 Å². The van der Waals surface area contributed by atoms with Crippen molar-refractivity contribution in [3.05, 3.63) is 54.5 Å². The quantitative estimate of drug-likeness (QED) is 0.860. The van der Waals surface area contributed by atoms with Gasteiger partial charge in [-0.05, 0) is 24.9 Å². The Morgan fingerprint density at radius 1 is 1.08 bits per heavy atom. The van der Waals surface area contributed by atoms with E-state index in [4.69, 9.17) is 4.74 Å². The van der Waals surface area contributed by atoms with Crippen LogP contribution in [-0.4, -0.2) is 54.3 Å². The summed E-state index contributed by atoms with van der Waals surface area (Å²) in [6.07, 6.45) is 7.81. The topological polar surface area (TPSA) is 41.5 Å². The lowest BCUT2D eigenvalue weighted by atomic mass is 9.80. The highest BCUT2D eigenvalue weighted by molar-refractivity contribution is 5.36. The first kappa shape index (κ1) is 16.5. The predicted molar refractivity (Wildman–Crippen MR) is 98.5 cm³/mol. The minimum atomic E-state index is 0.182. The van der Waals surface area contributed by atoms with Gasteiger partial charge in [-0.3, -0.25) is 9.88 Å². The van der Waals surface area contributed by atoms with Crippen LogP contribution in [0.2, 0.25) is 0 Å². The average molecular weight is 338 g/mol. The molecule has 0 N–H and O–H groups in total. The summed E-state index contributed by atoms with van der Waals surface area (Å²) in [5.41, 5.74) is 1.57. The van der Waals surface area contributed by atoms with E-state index in [0.717, 1.165) is 45.2 Å². The summed E-state index contributed by atoms with van der Waals surface area (Å²) in [5.74, 6) is 0.965. The van der Waals surface area contributed by atoms with Gasteiger partial charge in [0.2, 0.25) is 0 Å². The molecule has 1 spiro atoms. The van der Waals surface area contributed by atoms with Crippen molar-refractivity contribution < 1.29 is 4.74 Å². The lowest BCUT2D eigenvalue weighted by Gasteiger charge is -2.43. The highest BCUT2D eigenvalue weighted by atomic mass is 16.5. The summed E-state index contributed by atoms with van der Waals surface area (Å²) in [5, 5.41) is 0. The highest BCUT2D eigenvalue weighted by Gasteiger charge is 2.39. The first-order valence-electron chi connectivity index (χ1n) is 9.18. The van der Waals surface area contributed by atoms with Gasteiger partial charge in [-0.15, -0.1) is 0 Å². The minimum Gasteiger partial charge on any atom is -0.379 e. The van der Waals surface area contributed by atoms with Crippen LogP contribution >= 0.6 is 0 Å². The third kappa shape index (κ3) is 3.99. The van der Waals surface area contributed by atoms with E-state index in [1.165, 1.54) is 24.9 Å². The Balaban J connectivity index is 1.49. The summed E-state index contributed by atoms with van der Waals surface area (Å²) in [7, 11) is 0. The summed E-state index contributed by atoms with van der Waals surface area (Å²) >= 11 is 0. The number of piperidine rings is 1. The number of rotatable bonds is 3. The van der Waals surface area contributed by atoms with Crippen molar-refractivity contribution in [2.75, 3.05) is 44.3 Å². The number of likely N-dealkylation sites (tertiary alicyclic amines) is 1. The van der Waals surface area contributed by atoms with Crippen molar-refractivity contribution in [2.45, 2.75) is 19.4 Å². The zero-order valence-electron chi connectivity index (χ0n) is 14.7. The van der Waals surface area contributed by atoms with Crippen LogP contribution in [0.15, 0.2) is 48.9 Å². The molecular weight excluding hydrogens is 312 g/mol. The Morgan fingerprint density at radius 2 is 2.00 bits per heavy atom. The van der Waals surface area contributed by atoms with E-state index in [1.54, 1.807) is 12.4 Å². The van der Waals surface area contributed by atoms with E-state index in [9.17, 15) is 0 Å². The Hall–Kier alpha value is -1.98. The van der Waals surface area contributed by atoms with Gasteiger partial charge in [-0.1, -0.05) is 30.3 Å². The van der Waals surface area contributed by atoms with E-state index in [2.05, 4.69) is 50.1 Å². The fraction of sp³-hybridized carbons (Fsp3) is 0.500. The minimum absolute atomic E-state index is 0.182. The maximum absolute atomic E-state index is 6.02. The molecule has 2 saturated heterocycles. The van der Waals surface area contributed by atoms with Crippen molar-refractivity contribution in [1.29, 1.82) is 0 Å². The van der Waals surface area contributed by atoms with Gasteiger partial charge >= 0.3 is 0 Å². The molecule has 3 heterocycles. The maximum Gasteiger partial charge on any atom is 0.147 e. The molecule has 25 heavy (non-hydrogen) atoms. The molecule has 0 amide bonds. The normalized spacial score (nSPS) is 25.0. The molecule has 2 aliphatic heterocycles. The molecule has 1 aromatic carbocycles. The molecule has 0 aliphatic carbocycles. The molecule has 4 rings (SSSR count). The molecule has 5 heteroatoms. The first-order chi connectivity index (χ1) is 12.3. The largest absolute Gasteiger partial charge is 0.379 e. The fourth-order valence-corrected chi connectivity index (χ4v) is 4.18. The van der Waals surface area contributed by atoms with Gasteiger partial charge in [0.05, 0.1) is 19.4 Å². The smallest absolute Gasteiger partial charge is 0.147 e.